The first-order valence-corrected chi connectivity index (χ1v) is 8.99. The third-order valence-electron chi connectivity index (χ3n) is 4.58. The van der Waals surface area contributed by atoms with Crippen LogP contribution in [0.3, 0.4) is 0 Å². The minimum Gasteiger partial charge on any atom is -0.495 e. The van der Waals surface area contributed by atoms with Crippen molar-refractivity contribution in [1.29, 1.82) is 0 Å². The monoisotopic (exact) mass is 392 g/mol. The van der Waals surface area contributed by atoms with Crippen LogP contribution in [-0.4, -0.2) is 25.1 Å². The molecule has 0 aliphatic carbocycles. The molecule has 0 fully saturated rings. The number of nitrogens with one attached hydrogen (secondary N) is 1. The van der Waals surface area contributed by atoms with Crippen molar-refractivity contribution in [1.82, 2.24) is 4.98 Å². The smallest absolute Gasteiger partial charge is 0.258 e. The first-order valence-electron chi connectivity index (χ1n) is 8.61. The normalized spacial score (nSPS) is 10.8. The fourth-order valence-electron chi connectivity index (χ4n) is 3.25. The highest BCUT2D eigenvalue weighted by atomic mass is 35.5. The highest BCUT2D eigenvalue weighted by Gasteiger charge is 2.17. The van der Waals surface area contributed by atoms with E-state index in [1.807, 2.05) is 42.5 Å². The summed E-state index contributed by atoms with van der Waals surface area (Å²) >= 11 is 6.22. The SMILES string of the molecule is COc1cc(OC)c(NC(=O)c2cc3ccccc3c3cccnc23)cc1Cl. The molecular weight excluding hydrogens is 376 g/mol. The average molecular weight is 393 g/mol. The first kappa shape index (κ1) is 18.1. The summed E-state index contributed by atoms with van der Waals surface area (Å²) in [5.74, 6) is 0.621. The van der Waals surface area contributed by atoms with Gasteiger partial charge in [-0.05, 0) is 29.0 Å². The van der Waals surface area contributed by atoms with Gasteiger partial charge in [0.25, 0.3) is 5.91 Å². The van der Waals surface area contributed by atoms with Gasteiger partial charge in [0.1, 0.15) is 11.5 Å². The van der Waals surface area contributed by atoms with E-state index in [4.69, 9.17) is 21.1 Å². The van der Waals surface area contributed by atoms with Crippen LogP contribution in [-0.2, 0) is 0 Å². The van der Waals surface area contributed by atoms with E-state index in [0.717, 1.165) is 16.2 Å². The number of hydrogen-bond acceptors (Lipinski definition) is 4. The number of aromatic nitrogens is 1. The molecule has 0 saturated heterocycles. The van der Waals surface area contributed by atoms with E-state index < -0.39 is 0 Å². The molecule has 1 aromatic heterocycles. The number of nitrogens with zero attached hydrogens (tertiary/aromatic N) is 1. The number of halogens is 1. The topological polar surface area (TPSA) is 60.5 Å². The van der Waals surface area contributed by atoms with Crippen molar-refractivity contribution in [2.24, 2.45) is 0 Å². The third kappa shape index (κ3) is 3.10. The van der Waals surface area contributed by atoms with Gasteiger partial charge in [-0.3, -0.25) is 9.78 Å². The Morgan fingerprint density at radius 3 is 2.50 bits per heavy atom. The molecule has 0 aliphatic heterocycles. The van der Waals surface area contributed by atoms with Crippen LogP contribution in [0.15, 0.2) is 60.8 Å². The van der Waals surface area contributed by atoms with Gasteiger partial charge in [0.05, 0.1) is 36.0 Å². The number of rotatable bonds is 4. The summed E-state index contributed by atoms with van der Waals surface area (Å²) < 4.78 is 10.6. The van der Waals surface area contributed by atoms with E-state index >= 15 is 0 Å². The summed E-state index contributed by atoms with van der Waals surface area (Å²) in [7, 11) is 3.04. The Labute approximate surface area is 166 Å². The molecule has 6 heteroatoms. The van der Waals surface area contributed by atoms with Crippen molar-refractivity contribution >= 4 is 44.9 Å². The Bertz CT molecular complexity index is 1210. The number of hydrogen-bond donors (Lipinski definition) is 1. The zero-order chi connectivity index (χ0) is 19.7. The van der Waals surface area contributed by atoms with Gasteiger partial charge in [-0.2, -0.15) is 0 Å². The van der Waals surface area contributed by atoms with Crippen molar-refractivity contribution in [2.75, 3.05) is 19.5 Å². The molecule has 0 atom stereocenters. The number of fused-ring (bicyclic) bond motifs is 3. The molecule has 0 saturated carbocycles. The molecule has 5 nitrogen and oxygen atoms in total. The summed E-state index contributed by atoms with van der Waals surface area (Å²) in [6, 6.07) is 16.8. The van der Waals surface area contributed by atoms with Gasteiger partial charge in [-0.15, -0.1) is 0 Å². The third-order valence-corrected chi connectivity index (χ3v) is 4.88. The number of ether oxygens (including phenoxy) is 2. The van der Waals surface area contributed by atoms with Gasteiger partial charge >= 0.3 is 0 Å². The molecule has 3 aromatic carbocycles. The standard InChI is InChI=1S/C22H17ClN2O3/c1-27-19-12-20(28-2)18(11-17(19)23)25-22(26)16-10-13-6-3-4-7-14(13)15-8-5-9-24-21(15)16/h3-12H,1-2H3,(H,25,26). The van der Waals surface area contributed by atoms with Crippen molar-refractivity contribution in [3.8, 4) is 11.5 Å². The molecule has 0 spiro atoms. The zero-order valence-corrected chi connectivity index (χ0v) is 16.1. The number of benzene rings is 3. The van der Waals surface area contributed by atoms with Crippen LogP contribution in [0.2, 0.25) is 5.02 Å². The van der Waals surface area contributed by atoms with Gasteiger partial charge in [0.2, 0.25) is 0 Å². The Kier molecular flexibility index (Phi) is 4.75. The van der Waals surface area contributed by atoms with Crippen LogP contribution in [0.4, 0.5) is 5.69 Å². The molecule has 4 aromatic rings. The summed E-state index contributed by atoms with van der Waals surface area (Å²) in [6.45, 7) is 0. The Morgan fingerprint density at radius 2 is 1.71 bits per heavy atom. The van der Waals surface area contributed by atoms with Crippen LogP contribution in [0.1, 0.15) is 10.4 Å². The van der Waals surface area contributed by atoms with E-state index in [1.165, 1.54) is 14.2 Å². The zero-order valence-electron chi connectivity index (χ0n) is 15.3. The van der Waals surface area contributed by atoms with Crippen LogP contribution < -0.4 is 14.8 Å². The molecule has 28 heavy (non-hydrogen) atoms. The molecular formula is C22H17ClN2O3. The summed E-state index contributed by atoms with van der Waals surface area (Å²) in [5.41, 5.74) is 1.57. The van der Waals surface area contributed by atoms with Gasteiger partial charge in [-0.1, -0.05) is 41.9 Å². The predicted molar refractivity (Wildman–Crippen MR) is 112 cm³/mol. The maximum atomic E-state index is 13.1. The molecule has 0 unspecified atom stereocenters. The number of carbonyl (C=O) groups excluding carboxylic acids is 1. The van der Waals surface area contributed by atoms with Crippen molar-refractivity contribution in [2.45, 2.75) is 0 Å². The Balaban J connectivity index is 1.82. The molecule has 0 aliphatic rings. The van der Waals surface area contributed by atoms with Gasteiger partial charge in [0.15, 0.2) is 0 Å². The van der Waals surface area contributed by atoms with E-state index in [9.17, 15) is 4.79 Å². The second kappa shape index (κ2) is 7.37. The summed E-state index contributed by atoms with van der Waals surface area (Å²) in [6.07, 6.45) is 1.68. The fraction of sp³-hybridized carbons (Fsp3) is 0.0909. The lowest BCUT2D eigenvalue weighted by Crippen LogP contribution is -2.14. The second-order valence-electron chi connectivity index (χ2n) is 6.19. The highest BCUT2D eigenvalue weighted by molar-refractivity contribution is 6.32. The minimum atomic E-state index is -0.297. The lowest BCUT2D eigenvalue weighted by Gasteiger charge is -2.14. The Morgan fingerprint density at radius 1 is 0.964 bits per heavy atom. The maximum absolute atomic E-state index is 13.1. The predicted octanol–water partition coefficient (Wildman–Crippen LogP) is 5.31. The molecule has 1 heterocycles. The second-order valence-corrected chi connectivity index (χ2v) is 6.59. The number of anilines is 1. The van der Waals surface area contributed by atoms with Crippen LogP contribution in [0.25, 0.3) is 21.7 Å². The molecule has 1 N–H and O–H groups in total. The molecule has 0 bridgehead atoms. The Hall–Kier alpha value is -3.31. The fourth-order valence-corrected chi connectivity index (χ4v) is 3.49. The largest absolute Gasteiger partial charge is 0.495 e. The lowest BCUT2D eigenvalue weighted by atomic mass is 10.0. The molecule has 140 valence electrons. The van der Waals surface area contributed by atoms with E-state index in [0.29, 0.717) is 33.3 Å². The number of methoxy groups -OCH3 is 2. The van der Waals surface area contributed by atoms with Crippen LogP contribution >= 0.6 is 11.6 Å². The van der Waals surface area contributed by atoms with Gasteiger partial charge in [0, 0.05) is 17.6 Å². The highest BCUT2D eigenvalue weighted by Crippen LogP contribution is 2.36. The first-order chi connectivity index (χ1) is 13.6. The van der Waals surface area contributed by atoms with Crippen LogP contribution in [0.5, 0.6) is 11.5 Å². The minimum absolute atomic E-state index is 0.297. The lowest BCUT2D eigenvalue weighted by molar-refractivity contribution is 0.102. The van der Waals surface area contributed by atoms with Crippen molar-refractivity contribution < 1.29 is 14.3 Å². The quantitative estimate of drug-likeness (QED) is 0.478. The number of amides is 1. The summed E-state index contributed by atoms with van der Waals surface area (Å²) in [5, 5.41) is 6.19. The average Bonchev–Trinajstić information content (AvgIpc) is 2.73. The van der Waals surface area contributed by atoms with Gasteiger partial charge < -0.3 is 14.8 Å². The van der Waals surface area contributed by atoms with Gasteiger partial charge in [-0.25, -0.2) is 0 Å². The molecule has 1 amide bonds. The number of pyridine rings is 1. The van der Waals surface area contributed by atoms with E-state index in [1.54, 1.807) is 18.3 Å². The summed E-state index contributed by atoms with van der Waals surface area (Å²) in [4.78, 5) is 17.6. The van der Waals surface area contributed by atoms with E-state index in [-0.39, 0.29) is 5.91 Å². The maximum Gasteiger partial charge on any atom is 0.258 e. The van der Waals surface area contributed by atoms with Crippen molar-refractivity contribution in [3.05, 3.63) is 71.4 Å². The van der Waals surface area contributed by atoms with Crippen LogP contribution in [0, 0.1) is 0 Å². The van der Waals surface area contributed by atoms with E-state index in [2.05, 4.69) is 10.3 Å². The number of carbonyl (C=O) groups is 1. The van der Waals surface area contributed by atoms with Crippen molar-refractivity contribution in [3.63, 3.8) is 0 Å². The molecule has 4 rings (SSSR count). The molecule has 0 radical (unpaired) electrons.